The molecule has 1 amide bonds. The zero-order chi connectivity index (χ0) is 17.3. The Balaban J connectivity index is 1.71. The molecule has 0 spiro atoms. The first-order chi connectivity index (χ1) is 11.3. The standard InChI is InChI=1S/C16H13FN2O3S2/c17-13-2-1-3-14-12(13)8-15(23-14)16(20)19-9-10-4-6-11(7-5-10)24(18,21)22/h1-8H,9H2,(H,19,20)(H2,18,21,22). The largest absolute Gasteiger partial charge is 0.347 e. The summed E-state index contributed by atoms with van der Waals surface area (Å²) in [5.74, 6) is -0.674. The van der Waals surface area contributed by atoms with Crippen LogP contribution in [0.1, 0.15) is 15.2 Å². The Hall–Kier alpha value is -2.29. The van der Waals surface area contributed by atoms with Crippen LogP contribution >= 0.6 is 11.3 Å². The molecule has 0 bridgehead atoms. The average Bonchev–Trinajstić information content (AvgIpc) is 2.98. The highest BCUT2D eigenvalue weighted by atomic mass is 32.2. The van der Waals surface area contributed by atoms with Crippen LogP contribution in [-0.4, -0.2) is 14.3 Å². The fourth-order valence-corrected chi connectivity index (χ4v) is 3.71. The van der Waals surface area contributed by atoms with Crippen LogP contribution in [0, 0.1) is 5.82 Å². The van der Waals surface area contributed by atoms with Crippen LogP contribution in [0.2, 0.25) is 0 Å². The third-order valence-corrected chi connectivity index (χ3v) is 5.47. The highest BCUT2D eigenvalue weighted by Crippen LogP contribution is 2.27. The van der Waals surface area contributed by atoms with E-state index in [4.69, 9.17) is 5.14 Å². The molecule has 0 aliphatic heterocycles. The molecule has 1 aromatic heterocycles. The molecular formula is C16H13FN2O3S2. The summed E-state index contributed by atoms with van der Waals surface area (Å²) in [6, 6.07) is 12.1. The molecule has 0 fully saturated rings. The Morgan fingerprint density at radius 1 is 1.17 bits per heavy atom. The van der Waals surface area contributed by atoms with Gasteiger partial charge in [-0.05, 0) is 35.9 Å². The zero-order valence-electron chi connectivity index (χ0n) is 12.3. The summed E-state index contributed by atoms with van der Waals surface area (Å²) in [5.41, 5.74) is 0.725. The van der Waals surface area contributed by atoms with Crippen molar-refractivity contribution in [2.24, 2.45) is 5.14 Å². The second-order valence-electron chi connectivity index (χ2n) is 5.13. The first-order valence-corrected chi connectivity index (χ1v) is 9.29. The summed E-state index contributed by atoms with van der Waals surface area (Å²) >= 11 is 1.21. The first-order valence-electron chi connectivity index (χ1n) is 6.92. The van der Waals surface area contributed by atoms with Crippen LogP contribution in [0.3, 0.4) is 0 Å². The summed E-state index contributed by atoms with van der Waals surface area (Å²) in [4.78, 5) is 12.6. The van der Waals surface area contributed by atoms with Crippen LogP contribution in [0.5, 0.6) is 0 Å². The maximum Gasteiger partial charge on any atom is 0.261 e. The van der Waals surface area contributed by atoms with Crippen molar-refractivity contribution in [2.75, 3.05) is 0 Å². The summed E-state index contributed by atoms with van der Waals surface area (Å²) in [6.45, 7) is 0.223. The van der Waals surface area contributed by atoms with Gasteiger partial charge in [-0.1, -0.05) is 18.2 Å². The van der Waals surface area contributed by atoms with E-state index in [1.165, 1.54) is 35.6 Å². The molecule has 3 aromatic rings. The van der Waals surface area contributed by atoms with Gasteiger partial charge in [-0.15, -0.1) is 11.3 Å². The van der Waals surface area contributed by atoms with Crippen LogP contribution < -0.4 is 10.5 Å². The fraction of sp³-hybridized carbons (Fsp3) is 0.0625. The minimum Gasteiger partial charge on any atom is -0.347 e. The molecule has 0 aliphatic rings. The molecule has 124 valence electrons. The summed E-state index contributed by atoms with van der Waals surface area (Å²) in [6.07, 6.45) is 0. The number of thiophene rings is 1. The fourth-order valence-electron chi connectivity index (χ4n) is 2.20. The second-order valence-corrected chi connectivity index (χ2v) is 7.78. The molecule has 0 atom stereocenters. The number of fused-ring (bicyclic) bond motifs is 1. The molecular weight excluding hydrogens is 351 g/mol. The molecule has 24 heavy (non-hydrogen) atoms. The Kier molecular flexibility index (Phi) is 4.35. The number of halogens is 1. The van der Waals surface area contributed by atoms with Gasteiger partial charge < -0.3 is 5.32 Å². The molecule has 8 heteroatoms. The van der Waals surface area contributed by atoms with Crippen LogP contribution in [-0.2, 0) is 16.6 Å². The third kappa shape index (κ3) is 3.45. The number of hydrogen-bond donors (Lipinski definition) is 2. The molecule has 1 heterocycles. The number of nitrogens with one attached hydrogen (secondary N) is 1. The van der Waals surface area contributed by atoms with Gasteiger partial charge in [0.15, 0.2) is 0 Å². The van der Waals surface area contributed by atoms with E-state index in [2.05, 4.69) is 5.32 Å². The lowest BCUT2D eigenvalue weighted by atomic mass is 10.2. The highest BCUT2D eigenvalue weighted by molar-refractivity contribution is 7.89. The van der Waals surface area contributed by atoms with Gasteiger partial charge in [0.25, 0.3) is 5.91 Å². The van der Waals surface area contributed by atoms with Crippen molar-refractivity contribution >= 4 is 37.4 Å². The van der Waals surface area contributed by atoms with Crippen molar-refractivity contribution in [1.82, 2.24) is 5.32 Å². The van der Waals surface area contributed by atoms with E-state index >= 15 is 0 Å². The first kappa shape index (κ1) is 16.6. The van der Waals surface area contributed by atoms with Crippen LogP contribution in [0.15, 0.2) is 53.4 Å². The van der Waals surface area contributed by atoms with E-state index in [0.717, 1.165) is 5.56 Å². The number of hydrogen-bond acceptors (Lipinski definition) is 4. The highest BCUT2D eigenvalue weighted by Gasteiger charge is 2.12. The molecule has 0 saturated heterocycles. The maximum absolute atomic E-state index is 13.7. The number of carbonyl (C=O) groups excluding carboxylic acids is 1. The quantitative estimate of drug-likeness (QED) is 0.746. The Labute approximate surface area is 142 Å². The van der Waals surface area contributed by atoms with Gasteiger partial charge in [-0.25, -0.2) is 17.9 Å². The van der Waals surface area contributed by atoms with Gasteiger partial charge >= 0.3 is 0 Å². The molecule has 0 saturated carbocycles. The van der Waals surface area contributed by atoms with E-state index in [1.54, 1.807) is 24.3 Å². The predicted octanol–water partition coefficient (Wildman–Crippen LogP) is 2.62. The molecule has 3 rings (SSSR count). The molecule has 3 N–H and O–H groups in total. The minimum atomic E-state index is -3.73. The van der Waals surface area contributed by atoms with Gasteiger partial charge in [0, 0.05) is 16.6 Å². The van der Waals surface area contributed by atoms with Crippen molar-refractivity contribution in [1.29, 1.82) is 0 Å². The topological polar surface area (TPSA) is 89.3 Å². The summed E-state index contributed by atoms with van der Waals surface area (Å²) in [5, 5.41) is 8.17. The number of benzene rings is 2. The van der Waals surface area contributed by atoms with Crippen LogP contribution in [0.4, 0.5) is 4.39 Å². The number of carbonyl (C=O) groups is 1. The Morgan fingerprint density at radius 3 is 2.50 bits per heavy atom. The Morgan fingerprint density at radius 2 is 1.88 bits per heavy atom. The van der Waals surface area contributed by atoms with E-state index in [0.29, 0.717) is 15.0 Å². The van der Waals surface area contributed by atoms with E-state index in [9.17, 15) is 17.6 Å². The molecule has 0 unspecified atom stereocenters. The smallest absolute Gasteiger partial charge is 0.261 e. The lowest BCUT2D eigenvalue weighted by Gasteiger charge is -2.05. The number of amides is 1. The molecule has 0 radical (unpaired) electrons. The predicted molar refractivity (Wildman–Crippen MR) is 90.8 cm³/mol. The van der Waals surface area contributed by atoms with Crippen molar-refractivity contribution in [2.45, 2.75) is 11.4 Å². The van der Waals surface area contributed by atoms with Gasteiger partial charge in [-0.2, -0.15) is 0 Å². The molecule has 0 aliphatic carbocycles. The van der Waals surface area contributed by atoms with Gasteiger partial charge in [0.05, 0.1) is 9.77 Å². The van der Waals surface area contributed by atoms with Gasteiger partial charge in [-0.3, -0.25) is 4.79 Å². The number of primary sulfonamides is 1. The van der Waals surface area contributed by atoms with Crippen molar-refractivity contribution in [3.05, 3.63) is 64.8 Å². The van der Waals surface area contributed by atoms with Crippen molar-refractivity contribution in [3.63, 3.8) is 0 Å². The molecule has 5 nitrogen and oxygen atoms in total. The van der Waals surface area contributed by atoms with Gasteiger partial charge in [0.2, 0.25) is 10.0 Å². The van der Waals surface area contributed by atoms with Crippen LogP contribution in [0.25, 0.3) is 10.1 Å². The number of nitrogens with two attached hydrogens (primary N) is 1. The maximum atomic E-state index is 13.7. The second kappa shape index (κ2) is 6.31. The van der Waals surface area contributed by atoms with Gasteiger partial charge in [0.1, 0.15) is 5.82 Å². The van der Waals surface area contributed by atoms with Crippen molar-refractivity contribution < 1.29 is 17.6 Å². The minimum absolute atomic E-state index is 0.0116. The summed E-state index contributed by atoms with van der Waals surface area (Å²) in [7, 11) is -3.73. The number of rotatable bonds is 4. The zero-order valence-corrected chi connectivity index (χ0v) is 14.0. The van der Waals surface area contributed by atoms with E-state index in [-0.39, 0.29) is 23.2 Å². The molecule has 2 aromatic carbocycles. The number of sulfonamides is 1. The van der Waals surface area contributed by atoms with E-state index < -0.39 is 10.0 Å². The Bertz CT molecular complexity index is 1010. The van der Waals surface area contributed by atoms with Crippen molar-refractivity contribution in [3.8, 4) is 0 Å². The average molecular weight is 364 g/mol. The SMILES string of the molecule is NS(=O)(=O)c1ccc(CNC(=O)c2cc3c(F)cccc3s2)cc1. The lowest BCUT2D eigenvalue weighted by Crippen LogP contribution is -2.21. The van der Waals surface area contributed by atoms with E-state index in [1.807, 2.05) is 0 Å². The summed E-state index contributed by atoms with van der Waals surface area (Å²) < 4.78 is 36.7. The monoisotopic (exact) mass is 364 g/mol. The lowest BCUT2D eigenvalue weighted by molar-refractivity contribution is 0.0955. The third-order valence-electron chi connectivity index (χ3n) is 3.44. The normalized spacial score (nSPS) is 11.6.